The van der Waals surface area contributed by atoms with Gasteiger partial charge in [0.1, 0.15) is 0 Å². The van der Waals surface area contributed by atoms with Crippen molar-refractivity contribution in [1.29, 1.82) is 0 Å². The Morgan fingerprint density at radius 3 is 2.20 bits per heavy atom. The summed E-state index contributed by atoms with van der Waals surface area (Å²) in [6, 6.07) is 2.54. The quantitative estimate of drug-likeness (QED) is 0.644. The summed E-state index contributed by atoms with van der Waals surface area (Å²) in [5.41, 5.74) is 6.53. The van der Waals surface area contributed by atoms with Crippen LogP contribution in [-0.4, -0.2) is 19.1 Å². The van der Waals surface area contributed by atoms with E-state index in [-0.39, 0.29) is 24.0 Å². The minimum Gasteiger partial charge on any atom is -0.493 e. The van der Waals surface area contributed by atoms with Crippen molar-refractivity contribution in [2.75, 3.05) is 14.2 Å². The molecular formula is C13H21ClN2O4. The van der Waals surface area contributed by atoms with Gasteiger partial charge < -0.3 is 15.2 Å². The maximum atomic E-state index is 11.2. The van der Waals surface area contributed by atoms with Gasteiger partial charge in [0.05, 0.1) is 30.8 Å². The summed E-state index contributed by atoms with van der Waals surface area (Å²) in [6.07, 6.45) is 0.840. The zero-order chi connectivity index (χ0) is 14.6. The zero-order valence-electron chi connectivity index (χ0n) is 12.1. The Balaban J connectivity index is 0.00000361. The molecular weight excluding hydrogens is 284 g/mol. The highest BCUT2D eigenvalue weighted by Crippen LogP contribution is 2.38. The van der Waals surface area contributed by atoms with Crippen LogP contribution in [0.4, 0.5) is 5.69 Å². The fourth-order valence-electron chi connectivity index (χ4n) is 1.87. The number of nitrogens with zero attached hydrogens (tertiary/aromatic N) is 1. The Labute approximate surface area is 124 Å². The van der Waals surface area contributed by atoms with Crippen molar-refractivity contribution >= 4 is 18.1 Å². The molecule has 7 heteroatoms. The van der Waals surface area contributed by atoms with E-state index in [4.69, 9.17) is 15.2 Å². The second kappa shape index (κ2) is 7.91. The minimum absolute atomic E-state index is 0. The minimum atomic E-state index is -0.445. The van der Waals surface area contributed by atoms with Gasteiger partial charge in [-0.15, -0.1) is 12.4 Å². The van der Waals surface area contributed by atoms with E-state index in [1.54, 1.807) is 6.07 Å². The Kier molecular flexibility index (Phi) is 7.31. The predicted molar refractivity (Wildman–Crippen MR) is 79.8 cm³/mol. The SMILES string of the molecule is CCC(C)[C@@H](N)c1cc(OC)c(OC)cc1[N+](=O)[O-].Cl. The molecule has 20 heavy (non-hydrogen) atoms. The number of hydrogen-bond donors (Lipinski definition) is 1. The molecule has 2 N–H and O–H groups in total. The van der Waals surface area contributed by atoms with Gasteiger partial charge >= 0.3 is 0 Å². The predicted octanol–water partition coefficient (Wildman–Crippen LogP) is 3.08. The molecule has 2 atom stereocenters. The molecule has 0 aliphatic rings. The molecule has 0 saturated heterocycles. The first-order chi connectivity index (χ1) is 8.96. The number of nitrogens with two attached hydrogens (primary N) is 1. The van der Waals surface area contributed by atoms with E-state index in [0.717, 1.165) is 6.42 Å². The Morgan fingerprint density at radius 1 is 1.30 bits per heavy atom. The fraction of sp³-hybridized carbons (Fsp3) is 0.538. The van der Waals surface area contributed by atoms with Crippen molar-refractivity contribution in [3.8, 4) is 11.5 Å². The molecule has 114 valence electrons. The highest BCUT2D eigenvalue weighted by molar-refractivity contribution is 5.85. The number of nitro groups is 1. The number of ether oxygens (including phenoxy) is 2. The molecule has 0 aliphatic carbocycles. The second-order valence-electron chi connectivity index (χ2n) is 4.43. The fourth-order valence-corrected chi connectivity index (χ4v) is 1.87. The highest BCUT2D eigenvalue weighted by Gasteiger charge is 2.26. The molecule has 0 amide bonds. The second-order valence-corrected chi connectivity index (χ2v) is 4.43. The average molecular weight is 305 g/mol. The smallest absolute Gasteiger partial charge is 0.278 e. The van der Waals surface area contributed by atoms with Crippen LogP contribution >= 0.6 is 12.4 Å². The summed E-state index contributed by atoms with van der Waals surface area (Å²) in [5, 5.41) is 11.2. The number of hydrogen-bond acceptors (Lipinski definition) is 5. The molecule has 6 nitrogen and oxygen atoms in total. The Morgan fingerprint density at radius 2 is 1.80 bits per heavy atom. The highest BCUT2D eigenvalue weighted by atomic mass is 35.5. The Bertz CT molecular complexity index is 468. The van der Waals surface area contributed by atoms with Gasteiger partial charge in [-0.3, -0.25) is 10.1 Å². The molecule has 1 rings (SSSR count). The Hall–Kier alpha value is -1.53. The van der Waals surface area contributed by atoms with Crippen LogP contribution in [0.15, 0.2) is 12.1 Å². The van der Waals surface area contributed by atoms with Gasteiger partial charge in [0.25, 0.3) is 5.69 Å². The van der Waals surface area contributed by atoms with Crippen LogP contribution in [0.3, 0.4) is 0 Å². The lowest BCUT2D eigenvalue weighted by Gasteiger charge is -2.20. The average Bonchev–Trinajstić information content (AvgIpc) is 2.43. The lowest BCUT2D eigenvalue weighted by molar-refractivity contribution is -0.385. The van der Waals surface area contributed by atoms with Gasteiger partial charge in [-0.05, 0) is 12.0 Å². The summed E-state index contributed by atoms with van der Waals surface area (Å²) < 4.78 is 10.3. The monoisotopic (exact) mass is 304 g/mol. The molecule has 0 fully saturated rings. The first kappa shape index (κ1) is 18.5. The lowest BCUT2D eigenvalue weighted by Crippen LogP contribution is -2.20. The molecule has 0 heterocycles. The van der Waals surface area contributed by atoms with E-state index in [1.165, 1.54) is 20.3 Å². The van der Waals surface area contributed by atoms with Gasteiger partial charge in [0.15, 0.2) is 11.5 Å². The van der Waals surface area contributed by atoms with Gasteiger partial charge in [-0.1, -0.05) is 20.3 Å². The van der Waals surface area contributed by atoms with Crippen molar-refractivity contribution in [1.82, 2.24) is 0 Å². The maximum Gasteiger partial charge on any atom is 0.278 e. The van der Waals surface area contributed by atoms with Crippen LogP contribution in [0.1, 0.15) is 31.9 Å². The lowest BCUT2D eigenvalue weighted by atomic mass is 9.92. The van der Waals surface area contributed by atoms with E-state index in [2.05, 4.69) is 0 Å². The van der Waals surface area contributed by atoms with Crippen LogP contribution in [0.2, 0.25) is 0 Å². The molecule has 0 aliphatic heterocycles. The van der Waals surface area contributed by atoms with Gasteiger partial charge in [0.2, 0.25) is 0 Å². The summed E-state index contributed by atoms with van der Waals surface area (Å²) in [6.45, 7) is 3.96. The summed E-state index contributed by atoms with van der Waals surface area (Å²) in [7, 11) is 2.93. The van der Waals surface area contributed by atoms with Crippen LogP contribution in [0.25, 0.3) is 0 Å². The normalized spacial score (nSPS) is 13.1. The largest absolute Gasteiger partial charge is 0.493 e. The van der Waals surface area contributed by atoms with E-state index in [0.29, 0.717) is 17.1 Å². The number of methoxy groups -OCH3 is 2. The van der Waals surface area contributed by atoms with Crippen molar-refractivity contribution in [3.05, 3.63) is 27.8 Å². The van der Waals surface area contributed by atoms with Crippen LogP contribution in [-0.2, 0) is 0 Å². The number of halogens is 1. The topological polar surface area (TPSA) is 87.6 Å². The van der Waals surface area contributed by atoms with E-state index in [1.807, 2.05) is 13.8 Å². The molecule has 0 aromatic heterocycles. The maximum absolute atomic E-state index is 11.2. The molecule has 0 radical (unpaired) electrons. The van der Waals surface area contributed by atoms with E-state index >= 15 is 0 Å². The standard InChI is InChI=1S/C13H20N2O4.ClH/c1-5-8(2)13(14)9-6-11(18-3)12(19-4)7-10(9)15(16)17;/h6-8,13H,5,14H2,1-4H3;1H/t8?,13-;/m1./s1. The van der Waals surface area contributed by atoms with Crippen molar-refractivity contribution in [2.24, 2.45) is 11.7 Å². The number of rotatable bonds is 6. The molecule has 1 aromatic carbocycles. The number of nitro benzene ring substituents is 1. The molecule has 0 bridgehead atoms. The molecule has 0 saturated carbocycles. The first-order valence-corrected chi connectivity index (χ1v) is 6.12. The molecule has 1 aromatic rings. The van der Waals surface area contributed by atoms with E-state index < -0.39 is 11.0 Å². The summed E-state index contributed by atoms with van der Waals surface area (Å²) in [4.78, 5) is 10.7. The van der Waals surface area contributed by atoms with Crippen molar-refractivity contribution in [3.63, 3.8) is 0 Å². The third-order valence-corrected chi connectivity index (χ3v) is 3.35. The third-order valence-electron chi connectivity index (χ3n) is 3.35. The van der Waals surface area contributed by atoms with Gasteiger partial charge in [0, 0.05) is 6.04 Å². The van der Waals surface area contributed by atoms with Crippen LogP contribution < -0.4 is 15.2 Å². The van der Waals surface area contributed by atoms with Gasteiger partial charge in [-0.25, -0.2) is 0 Å². The molecule has 1 unspecified atom stereocenters. The summed E-state index contributed by atoms with van der Waals surface area (Å²) in [5.74, 6) is 0.910. The van der Waals surface area contributed by atoms with Crippen LogP contribution in [0.5, 0.6) is 11.5 Å². The van der Waals surface area contributed by atoms with Gasteiger partial charge in [-0.2, -0.15) is 0 Å². The molecule has 0 spiro atoms. The summed E-state index contributed by atoms with van der Waals surface area (Å²) >= 11 is 0. The third kappa shape index (κ3) is 3.74. The number of benzene rings is 1. The van der Waals surface area contributed by atoms with Crippen LogP contribution in [0, 0.1) is 16.0 Å². The van der Waals surface area contributed by atoms with Crippen molar-refractivity contribution in [2.45, 2.75) is 26.3 Å². The van der Waals surface area contributed by atoms with E-state index in [9.17, 15) is 10.1 Å². The zero-order valence-corrected chi connectivity index (χ0v) is 12.9. The van der Waals surface area contributed by atoms with Crippen molar-refractivity contribution < 1.29 is 14.4 Å². The first-order valence-electron chi connectivity index (χ1n) is 6.12.